The molecule has 27 heavy (non-hydrogen) atoms. The molecule has 0 aliphatic heterocycles. The molecule has 8 heteroatoms. The van der Waals surface area contributed by atoms with E-state index < -0.39 is 21.8 Å². The second kappa shape index (κ2) is 7.41. The van der Waals surface area contributed by atoms with E-state index in [4.69, 9.17) is 0 Å². The first-order valence-electron chi connectivity index (χ1n) is 9.50. The Balaban J connectivity index is 1.74. The second-order valence-corrected chi connectivity index (χ2v) is 9.93. The fourth-order valence-electron chi connectivity index (χ4n) is 4.44. The van der Waals surface area contributed by atoms with Crippen molar-refractivity contribution in [2.75, 3.05) is 26.0 Å². The number of urea groups is 1. The summed E-state index contributed by atoms with van der Waals surface area (Å²) < 4.78 is 29.4. The van der Waals surface area contributed by atoms with Crippen LogP contribution in [-0.2, 0) is 35.9 Å². The van der Waals surface area contributed by atoms with Crippen LogP contribution < -0.4 is 14.8 Å². The van der Waals surface area contributed by atoms with Gasteiger partial charge in [0.2, 0.25) is 0 Å². The topological polar surface area (TPSA) is 90.5 Å². The standard InChI is InChI=1S/C19H30N4O3S/c1-19(2,12-23(3)4)22-27(25,26)21-18(24)20-17-15-9-5-7-13(15)11-14-8-6-10-16(14)17/h11,22H,5-10,12H2,1-4H3,(H2,20,21,24). The fraction of sp³-hybridized carbons (Fsp3) is 0.632. The summed E-state index contributed by atoms with van der Waals surface area (Å²) in [5.41, 5.74) is 5.05. The number of likely N-dealkylation sites (N-methyl/N-ethyl adjacent to an activating group) is 1. The van der Waals surface area contributed by atoms with Crippen molar-refractivity contribution in [3.8, 4) is 0 Å². The number of nitrogens with zero attached hydrogens (tertiary/aromatic N) is 1. The maximum atomic E-state index is 12.5. The summed E-state index contributed by atoms with van der Waals surface area (Å²) in [7, 11) is -0.235. The maximum absolute atomic E-state index is 12.5. The number of amides is 2. The van der Waals surface area contributed by atoms with Crippen LogP contribution >= 0.6 is 0 Å². The predicted molar refractivity (Wildman–Crippen MR) is 107 cm³/mol. The Kier molecular flexibility index (Phi) is 5.52. The van der Waals surface area contributed by atoms with Gasteiger partial charge in [-0.25, -0.2) is 9.52 Å². The van der Waals surface area contributed by atoms with E-state index in [0.717, 1.165) is 44.2 Å². The summed E-state index contributed by atoms with van der Waals surface area (Å²) >= 11 is 0. The van der Waals surface area contributed by atoms with E-state index in [1.165, 1.54) is 22.3 Å². The molecular weight excluding hydrogens is 364 g/mol. The molecule has 0 atom stereocenters. The highest BCUT2D eigenvalue weighted by Crippen LogP contribution is 2.38. The van der Waals surface area contributed by atoms with E-state index >= 15 is 0 Å². The van der Waals surface area contributed by atoms with Gasteiger partial charge in [0, 0.05) is 17.8 Å². The molecule has 1 aromatic rings. The third-order valence-corrected chi connectivity index (χ3v) is 6.34. The van der Waals surface area contributed by atoms with Crippen molar-refractivity contribution in [2.45, 2.75) is 57.9 Å². The van der Waals surface area contributed by atoms with Gasteiger partial charge in [-0.05, 0) is 88.7 Å². The highest BCUT2D eigenvalue weighted by molar-refractivity contribution is 7.88. The number of rotatable bonds is 6. The molecule has 0 heterocycles. The Bertz CT molecular complexity index is 815. The second-order valence-electron chi connectivity index (χ2n) is 8.52. The van der Waals surface area contributed by atoms with E-state index in [1.54, 1.807) is 13.8 Å². The van der Waals surface area contributed by atoms with Crippen LogP contribution in [0.4, 0.5) is 10.5 Å². The lowest BCUT2D eigenvalue weighted by molar-refractivity contribution is 0.256. The molecular formula is C19H30N4O3S. The molecule has 0 aromatic heterocycles. The molecule has 0 spiro atoms. The van der Waals surface area contributed by atoms with Crippen LogP contribution in [0.25, 0.3) is 0 Å². The largest absolute Gasteiger partial charge is 0.333 e. The van der Waals surface area contributed by atoms with Gasteiger partial charge in [0.15, 0.2) is 0 Å². The summed E-state index contributed by atoms with van der Waals surface area (Å²) in [6.07, 6.45) is 6.06. The smallest absolute Gasteiger partial charge is 0.308 e. The molecule has 7 nitrogen and oxygen atoms in total. The van der Waals surface area contributed by atoms with Crippen molar-refractivity contribution < 1.29 is 13.2 Å². The van der Waals surface area contributed by atoms with Gasteiger partial charge in [-0.1, -0.05) is 6.07 Å². The highest BCUT2D eigenvalue weighted by atomic mass is 32.2. The number of benzene rings is 1. The van der Waals surface area contributed by atoms with Crippen molar-refractivity contribution in [1.82, 2.24) is 14.3 Å². The Hall–Kier alpha value is -1.64. The lowest BCUT2D eigenvalue weighted by Crippen LogP contribution is -2.54. The van der Waals surface area contributed by atoms with Gasteiger partial charge >= 0.3 is 16.2 Å². The zero-order chi connectivity index (χ0) is 19.8. The molecule has 0 unspecified atom stereocenters. The molecule has 1 aromatic carbocycles. The van der Waals surface area contributed by atoms with Gasteiger partial charge < -0.3 is 10.2 Å². The van der Waals surface area contributed by atoms with E-state index in [1.807, 2.05) is 19.0 Å². The quantitative estimate of drug-likeness (QED) is 0.688. The van der Waals surface area contributed by atoms with E-state index in [-0.39, 0.29) is 0 Å². The number of carbonyl (C=O) groups excluding carboxylic acids is 1. The van der Waals surface area contributed by atoms with Crippen LogP contribution in [0, 0.1) is 0 Å². The Morgan fingerprint density at radius 2 is 1.63 bits per heavy atom. The van der Waals surface area contributed by atoms with Gasteiger partial charge in [-0.2, -0.15) is 13.1 Å². The highest BCUT2D eigenvalue weighted by Gasteiger charge is 2.29. The van der Waals surface area contributed by atoms with Crippen LogP contribution in [-0.4, -0.2) is 45.5 Å². The minimum atomic E-state index is -3.97. The SMILES string of the molecule is CN(C)CC(C)(C)NS(=O)(=O)NC(=O)Nc1c2c(cc3c1CCC3)CCC2. The monoisotopic (exact) mass is 394 g/mol. The first-order valence-corrected chi connectivity index (χ1v) is 11.0. The molecule has 2 aliphatic carbocycles. The number of nitrogens with one attached hydrogen (secondary N) is 3. The summed E-state index contributed by atoms with van der Waals surface area (Å²) in [4.78, 5) is 14.4. The lowest BCUT2D eigenvalue weighted by Gasteiger charge is -2.29. The van der Waals surface area contributed by atoms with Gasteiger partial charge in [-0.15, -0.1) is 0 Å². The van der Waals surface area contributed by atoms with E-state index in [0.29, 0.717) is 6.54 Å². The third-order valence-electron chi connectivity index (χ3n) is 5.06. The molecule has 0 radical (unpaired) electrons. The van der Waals surface area contributed by atoms with Crippen LogP contribution in [0.5, 0.6) is 0 Å². The molecule has 3 rings (SSSR count). The summed E-state index contributed by atoms with van der Waals surface area (Å²) in [6.45, 7) is 4.07. The Labute approximate surface area is 162 Å². The first-order chi connectivity index (χ1) is 12.6. The molecule has 0 saturated carbocycles. The zero-order valence-electron chi connectivity index (χ0n) is 16.6. The first kappa shape index (κ1) is 20.1. The minimum Gasteiger partial charge on any atom is -0.308 e. The third kappa shape index (κ3) is 4.80. The van der Waals surface area contributed by atoms with Crippen molar-refractivity contribution >= 4 is 21.9 Å². The molecule has 3 N–H and O–H groups in total. The summed E-state index contributed by atoms with van der Waals surface area (Å²) in [6, 6.07) is 1.56. The molecule has 150 valence electrons. The average Bonchev–Trinajstić information content (AvgIpc) is 3.11. The number of fused-ring (bicyclic) bond motifs is 2. The number of hydrogen-bond acceptors (Lipinski definition) is 4. The number of anilines is 1. The molecule has 0 fully saturated rings. The van der Waals surface area contributed by atoms with Crippen molar-refractivity contribution in [3.05, 3.63) is 28.3 Å². The molecule has 0 saturated heterocycles. The Morgan fingerprint density at radius 3 is 2.15 bits per heavy atom. The minimum absolute atomic E-state index is 0.509. The number of aryl methyl sites for hydroxylation is 2. The van der Waals surface area contributed by atoms with Gasteiger partial charge in [0.1, 0.15) is 0 Å². The molecule has 0 bridgehead atoms. The van der Waals surface area contributed by atoms with E-state index in [9.17, 15) is 13.2 Å². The van der Waals surface area contributed by atoms with Gasteiger partial charge in [-0.3, -0.25) is 0 Å². The maximum Gasteiger partial charge on any atom is 0.333 e. The van der Waals surface area contributed by atoms with Crippen LogP contribution in [0.15, 0.2) is 6.07 Å². The number of hydrogen-bond donors (Lipinski definition) is 3. The van der Waals surface area contributed by atoms with E-state index in [2.05, 4.69) is 20.8 Å². The van der Waals surface area contributed by atoms with Crippen LogP contribution in [0.2, 0.25) is 0 Å². The fourth-order valence-corrected chi connectivity index (χ4v) is 5.58. The Morgan fingerprint density at radius 1 is 1.07 bits per heavy atom. The summed E-state index contributed by atoms with van der Waals surface area (Å²) in [5, 5.41) is 2.85. The lowest BCUT2D eigenvalue weighted by atomic mass is 9.99. The van der Waals surface area contributed by atoms with Gasteiger partial charge in [0.05, 0.1) is 0 Å². The summed E-state index contributed by atoms with van der Waals surface area (Å²) in [5.74, 6) is 0. The van der Waals surface area contributed by atoms with Crippen molar-refractivity contribution in [3.63, 3.8) is 0 Å². The number of carbonyl (C=O) groups is 1. The molecule has 2 amide bonds. The van der Waals surface area contributed by atoms with Crippen molar-refractivity contribution in [2.24, 2.45) is 0 Å². The van der Waals surface area contributed by atoms with Gasteiger partial charge in [0.25, 0.3) is 0 Å². The zero-order valence-corrected chi connectivity index (χ0v) is 17.4. The van der Waals surface area contributed by atoms with Crippen molar-refractivity contribution in [1.29, 1.82) is 0 Å². The predicted octanol–water partition coefficient (Wildman–Crippen LogP) is 1.96. The molecule has 2 aliphatic rings. The average molecular weight is 395 g/mol. The van der Waals surface area contributed by atoms with Crippen LogP contribution in [0.3, 0.4) is 0 Å². The van der Waals surface area contributed by atoms with Crippen LogP contribution in [0.1, 0.15) is 48.9 Å². The normalized spacial score (nSPS) is 16.3.